The number of hydrogen-bond donors (Lipinski definition) is 1. The molecule has 8 heteroatoms. The van der Waals surface area contributed by atoms with Gasteiger partial charge in [-0.25, -0.2) is 4.98 Å². The van der Waals surface area contributed by atoms with Gasteiger partial charge in [0.05, 0.1) is 12.2 Å². The van der Waals surface area contributed by atoms with Gasteiger partial charge in [0.25, 0.3) is 11.8 Å². The fraction of sp³-hybridized carbons (Fsp3) is 0.450. The Balaban J connectivity index is 1.33. The number of carbonyl (C=O) groups is 2. The molecule has 7 nitrogen and oxygen atoms in total. The molecule has 3 heterocycles. The molecule has 2 aliphatic heterocycles. The van der Waals surface area contributed by atoms with E-state index in [4.69, 9.17) is 9.47 Å². The average molecular weight is 401 g/mol. The number of aryl methyl sites for hydroxylation is 1. The number of benzene rings is 1. The van der Waals surface area contributed by atoms with E-state index < -0.39 is 0 Å². The molecule has 1 unspecified atom stereocenters. The molecule has 0 aliphatic carbocycles. The molecule has 148 valence electrons. The molecular weight excluding hydrogens is 378 g/mol. The Labute approximate surface area is 167 Å². The maximum atomic E-state index is 12.5. The molecule has 4 rings (SSSR count). The zero-order chi connectivity index (χ0) is 19.5. The van der Waals surface area contributed by atoms with Crippen molar-refractivity contribution in [1.29, 1.82) is 0 Å². The number of rotatable bonds is 5. The Hall–Kier alpha value is -2.45. The first-order chi connectivity index (χ1) is 13.6. The molecular formula is C20H23N3O4S. The summed E-state index contributed by atoms with van der Waals surface area (Å²) >= 11 is 1.43. The summed E-state index contributed by atoms with van der Waals surface area (Å²) in [7, 11) is 0. The van der Waals surface area contributed by atoms with Gasteiger partial charge < -0.3 is 14.4 Å². The van der Waals surface area contributed by atoms with Crippen molar-refractivity contribution in [2.75, 3.05) is 25.1 Å². The fourth-order valence-corrected chi connectivity index (χ4v) is 4.40. The molecule has 0 spiro atoms. The number of thiazole rings is 1. The molecule has 2 aromatic rings. The van der Waals surface area contributed by atoms with E-state index in [1.54, 1.807) is 4.90 Å². The Morgan fingerprint density at radius 2 is 2.32 bits per heavy atom. The first-order valence-electron chi connectivity index (χ1n) is 9.47. The molecule has 1 saturated heterocycles. The van der Waals surface area contributed by atoms with Crippen LogP contribution in [0.3, 0.4) is 0 Å². The van der Waals surface area contributed by atoms with E-state index >= 15 is 0 Å². The Morgan fingerprint density at radius 1 is 1.43 bits per heavy atom. The SMILES string of the molecule is Cc1cccc(OCC(=O)N2CCc3nc(NC(=O)C4CCCO4)sc3C2)c1. The minimum atomic E-state index is -0.377. The van der Waals surface area contributed by atoms with Gasteiger partial charge in [-0.15, -0.1) is 0 Å². The number of aromatic nitrogens is 1. The number of nitrogens with one attached hydrogen (secondary N) is 1. The van der Waals surface area contributed by atoms with Crippen molar-refractivity contribution in [3.8, 4) is 5.75 Å². The molecule has 1 atom stereocenters. The van der Waals surface area contributed by atoms with E-state index in [-0.39, 0.29) is 24.5 Å². The number of carbonyl (C=O) groups excluding carboxylic acids is 2. The second-order valence-corrected chi connectivity index (χ2v) is 8.13. The number of fused-ring (bicyclic) bond motifs is 1. The minimum Gasteiger partial charge on any atom is -0.484 e. The topological polar surface area (TPSA) is 80.8 Å². The van der Waals surface area contributed by atoms with Gasteiger partial charge in [-0.2, -0.15) is 0 Å². The first kappa shape index (κ1) is 18.9. The standard InChI is InChI=1S/C20H23N3O4S/c1-13-4-2-5-14(10-13)27-12-18(24)23-8-7-15-17(11-23)28-20(21-15)22-19(25)16-6-3-9-26-16/h2,4-5,10,16H,3,6-9,11-12H2,1H3,(H,21,22,25). The summed E-state index contributed by atoms with van der Waals surface area (Å²) in [5.74, 6) is 0.511. The van der Waals surface area contributed by atoms with Crippen molar-refractivity contribution in [2.24, 2.45) is 0 Å². The molecule has 2 aliphatic rings. The normalized spacial score (nSPS) is 18.6. The Bertz CT molecular complexity index is 876. The van der Waals surface area contributed by atoms with Gasteiger partial charge in [0.2, 0.25) is 0 Å². The van der Waals surface area contributed by atoms with Crippen molar-refractivity contribution in [3.63, 3.8) is 0 Å². The van der Waals surface area contributed by atoms with Crippen LogP contribution < -0.4 is 10.1 Å². The summed E-state index contributed by atoms with van der Waals surface area (Å²) in [6.07, 6.45) is 1.96. The summed E-state index contributed by atoms with van der Waals surface area (Å²) in [6, 6.07) is 7.65. The number of nitrogens with zero attached hydrogens (tertiary/aromatic N) is 2. The lowest BCUT2D eigenvalue weighted by atomic mass is 10.2. The Kier molecular flexibility index (Phi) is 5.59. The third kappa shape index (κ3) is 4.34. The van der Waals surface area contributed by atoms with Crippen LogP contribution in [0.15, 0.2) is 24.3 Å². The lowest BCUT2D eigenvalue weighted by Gasteiger charge is -2.26. The molecule has 0 saturated carbocycles. The van der Waals surface area contributed by atoms with Gasteiger partial charge in [-0.3, -0.25) is 14.9 Å². The molecule has 1 N–H and O–H groups in total. The van der Waals surface area contributed by atoms with Crippen molar-refractivity contribution in [3.05, 3.63) is 40.4 Å². The van der Waals surface area contributed by atoms with Crippen molar-refractivity contribution < 1.29 is 19.1 Å². The third-order valence-electron chi connectivity index (χ3n) is 4.89. The molecule has 2 amide bonds. The largest absolute Gasteiger partial charge is 0.484 e. The van der Waals surface area contributed by atoms with Gasteiger partial charge in [-0.05, 0) is 37.5 Å². The van der Waals surface area contributed by atoms with Crippen LogP contribution in [-0.2, 0) is 27.3 Å². The van der Waals surface area contributed by atoms with E-state index in [0.29, 0.717) is 37.0 Å². The third-order valence-corrected chi connectivity index (χ3v) is 5.89. The van der Waals surface area contributed by atoms with Crippen LogP contribution in [0.25, 0.3) is 0 Å². The number of amides is 2. The predicted molar refractivity (Wildman–Crippen MR) is 106 cm³/mol. The van der Waals surface area contributed by atoms with E-state index in [1.165, 1.54) is 11.3 Å². The van der Waals surface area contributed by atoms with Crippen molar-refractivity contribution >= 4 is 28.3 Å². The highest BCUT2D eigenvalue weighted by Gasteiger charge is 2.27. The highest BCUT2D eigenvalue weighted by molar-refractivity contribution is 7.15. The molecule has 28 heavy (non-hydrogen) atoms. The predicted octanol–water partition coefficient (Wildman–Crippen LogP) is 2.53. The maximum absolute atomic E-state index is 12.5. The minimum absolute atomic E-state index is 0.0141. The molecule has 1 aromatic carbocycles. The maximum Gasteiger partial charge on any atom is 0.260 e. The summed E-state index contributed by atoms with van der Waals surface area (Å²) in [4.78, 5) is 32.0. The van der Waals surface area contributed by atoms with Crippen LogP contribution in [0.4, 0.5) is 5.13 Å². The zero-order valence-electron chi connectivity index (χ0n) is 15.8. The summed E-state index contributed by atoms with van der Waals surface area (Å²) in [5.41, 5.74) is 2.05. The molecule has 1 aromatic heterocycles. The fourth-order valence-electron chi connectivity index (χ4n) is 3.37. The molecule has 0 bridgehead atoms. The van der Waals surface area contributed by atoms with E-state index in [0.717, 1.165) is 29.0 Å². The lowest BCUT2D eigenvalue weighted by Crippen LogP contribution is -2.38. The van der Waals surface area contributed by atoms with Gasteiger partial charge in [0.15, 0.2) is 11.7 Å². The number of ether oxygens (including phenoxy) is 2. The van der Waals surface area contributed by atoms with Gasteiger partial charge >= 0.3 is 0 Å². The van der Waals surface area contributed by atoms with Crippen LogP contribution in [-0.4, -0.2) is 47.6 Å². The summed E-state index contributed by atoms with van der Waals surface area (Å²) < 4.78 is 11.0. The first-order valence-corrected chi connectivity index (χ1v) is 10.3. The number of hydrogen-bond acceptors (Lipinski definition) is 6. The van der Waals surface area contributed by atoms with Crippen LogP contribution in [0.2, 0.25) is 0 Å². The second-order valence-electron chi connectivity index (χ2n) is 7.05. The van der Waals surface area contributed by atoms with Crippen LogP contribution in [0, 0.1) is 6.92 Å². The number of anilines is 1. The monoisotopic (exact) mass is 401 g/mol. The zero-order valence-corrected chi connectivity index (χ0v) is 16.6. The highest BCUT2D eigenvalue weighted by atomic mass is 32.1. The van der Waals surface area contributed by atoms with Crippen molar-refractivity contribution in [2.45, 2.75) is 38.8 Å². The molecule has 1 fully saturated rings. The lowest BCUT2D eigenvalue weighted by molar-refractivity contribution is -0.134. The van der Waals surface area contributed by atoms with E-state index in [1.807, 2.05) is 31.2 Å². The van der Waals surface area contributed by atoms with Gasteiger partial charge in [0, 0.05) is 24.4 Å². The Morgan fingerprint density at radius 3 is 3.11 bits per heavy atom. The second kappa shape index (κ2) is 8.28. The van der Waals surface area contributed by atoms with Gasteiger partial charge in [0.1, 0.15) is 11.9 Å². The molecule has 0 radical (unpaired) electrons. The van der Waals surface area contributed by atoms with Crippen LogP contribution >= 0.6 is 11.3 Å². The van der Waals surface area contributed by atoms with Gasteiger partial charge in [-0.1, -0.05) is 23.5 Å². The van der Waals surface area contributed by atoms with E-state index in [9.17, 15) is 9.59 Å². The average Bonchev–Trinajstić information content (AvgIpc) is 3.35. The van der Waals surface area contributed by atoms with E-state index in [2.05, 4.69) is 10.3 Å². The van der Waals surface area contributed by atoms with Crippen LogP contribution in [0.1, 0.15) is 29.0 Å². The summed E-state index contributed by atoms with van der Waals surface area (Å²) in [6.45, 7) is 3.73. The smallest absolute Gasteiger partial charge is 0.260 e. The quantitative estimate of drug-likeness (QED) is 0.833. The van der Waals surface area contributed by atoms with Crippen LogP contribution in [0.5, 0.6) is 5.75 Å². The highest BCUT2D eigenvalue weighted by Crippen LogP contribution is 2.29. The van der Waals surface area contributed by atoms with Crippen molar-refractivity contribution in [1.82, 2.24) is 9.88 Å². The summed E-state index contributed by atoms with van der Waals surface area (Å²) in [5, 5.41) is 3.43.